The van der Waals surface area contributed by atoms with Crippen LogP contribution in [0, 0.1) is 10.1 Å². The molecule has 0 saturated carbocycles. The third-order valence-electron chi connectivity index (χ3n) is 2.89. The molecule has 2 atom stereocenters. The van der Waals surface area contributed by atoms with Crippen molar-refractivity contribution >= 4 is 29.1 Å². The van der Waals surface area contributed by atoms with Crippen LogP contribution >= 0.6 is 11.6 Å². The second-order valence-corrected chi connectivity index (χ2v) is 6.52. The Bertz CT molecular complexity index is 632. The molecule has 2 unspecified atom stereocenters. The molecular weight excluding hydrogens is 342 g/mol. The fourth-order valence-electron chi connectivity index (χ4n) is 1.84. The maximum Gasteiger partial charge on any atom is 0.407 e. The first-order valence-electron chi connectivity index (χ1n) is 6.98. The van der Waals surface area contributed by atoms with Gasteiger partial charge in [-0.15, -0.1) is 0 Å². The molecule has 1 aromatic rings. The number of aliphatic hydroxyl groups is 2. The summed E-state index contributed by atoms with van der Waals surface area (Å²) in [6.07, 6.45) is -3.84. The van der Waals surface area contributed by atoms with E-state index in [-0.39, 0.29) is 22.8 Å². The lowest BCUT2D eigenvalue weighted by Crippen LogP contribution is -2.39. The number of nitrogens with one attached hydrogen (secondary N) is 1. The molecule has 5 N–H and O–H groups in total. The summed E-state index contributed by atoms with van der Waals surface area (Å²) < 4.78 is 4.99. The Morgan fingerprint density at radius 3 is 2.54 bits per heavy atom. The second kappa shape index (κ2) is 7.65. The molecule has 134 valence electrons. The highest BCUT2D eigenvalue weighted by molar-refractivity contribution is 6.31. The third-order valence-corrected chi connectivity index (χ3v) is 3.11. The van der Waals surface area contributed by atoms with E-state index in [0.29, 0.717) is 0 Å². The number of benzene rings is 1. The number of nitrogens with two attached hydrogens (primary N) is 1. The first kappa shape index (κ1) is 19.9. The zero-order valence-corrected chi connectivity index (χ0v) is 14.2. The van der Waals surface area contributed by atoms with Gasteiger partial charge >= 0.3 is 6.09 Å². The van der Waals surface area contributed by atoms with Crippen molar-refractivity contribution in [2.45, 2.75) is 38.6 Å². The van der Waals surface area contributed by atoms with Gasteiger partial charge in [0, 0.05) is 23.2 Å². The van der Waals surface area contributed by atoms with Crippen LogP contribution in [0.2, 0.25) is 5.02 Å². The van der Waals surface area contributed by atoms with Gasteiger partial charge in [0.2, 0.25) is 0 Å². The van der Waals surface area contributed by atoms with Crippen molar-refractivity contribution in [3.63, 3.8) is 0 Å². The largest absolute Gasteiger partial charge is 0.444 e. The number of nitro benzene ring substituents is 1. The number of nitrogens with zero attached hydrogens (tertiary/aromatic N) is 1. The van der Waals surface area contributed by atoms with Crippen LogP contribution in [0.1, 0.15) is 32.4 Å². The molecule has 0 bridgehead atoms. The summed E-state index contributed by atoms with van der Waals surface area (Å²) >= 11 is 5.77. The Morgan fingerprint density at radius 1 is 1.46 bits per heavy atom. The SMILES string of the molecule is CC(C)(C)OC(=O)NCC(O)C(O)c1cc(Cl)cc([N+](=O)[O-])c1N. The predicted molar refractivity (Wildman–Crippen MR) is 87.7 cm³/mol. The molecule has 0 spiro atoms. The molecule has 0 radical (unpaired) electrons. The number of nitrogen functional groups attached to an aromatic ring is 1. The van der Waals surface area contributed by atoms with Crippen molar-refractivity contribution in [3.8, 4) is 0 Å². The molecule has 10 heteroatoms. The Balaban J connectivity index is 2.85. The monoisotopic (exact) mass is 361 g/mol. The van der Waals surface area contributed by atoms with Gasteiger partial charge in [0.15, 0.2) is 0 Å². The molecule has 9 nitrogen and oxygen atoms in total. The summed E-state index contributed by atoms with van der Waals surface area (Å²) in [7, 11) is 0. The van der Waals surface area contributed by atoms with Crippen LogP contribution in [-0.2, 0) is 4.74 Å². The summed E-state index contributed by atoms with van der Waals surface area (Å²) in [5, 5.41) is 33.3. The van der Waals surface area contributed by atoms with E-state index in [1.807, 2.05) is 0 Å². The van der Waals surface area contributed by atoms with E-state index in [2.05, 4.69) is 5.32 Å². The van der Waals surface area contributed by atoms with Gasteiger partial charge in [0.1, 0.15) is 23.5 Å². The standard InChI is InChI=1S/C14H20ClN3O6/c1-14(2,3)24-13(21)17-6-10(19)12(20)8-4-7(15)5-9(11(8)16)18(22)23/h4-5,10,12,19-20H,6,16H2,1-3H3,(H,17,21). The number of aliphatic hydroxyl groups excluding tert-OH is 2. The Hall–Kier alpha value is -2.10. The van der Waals surface area contributed by atoms with Crippen molar-refractivity contribution in [2.75, 3.05) is 12.3 Å². The molecule has 1 amide bonds. The minimum atomic E-state index is -1.59. The number of hydrogen-bond donors (Lipinski definition) is 4. The lowest BCUT2D eigenvalue weighted by molar-refractivity contribution is -0.384. The highest BCUT2D eigenvalue weighted by Gasteiger charge is 2.27. The highest BCUT2D eigenvalue weighted by atomic mass is 35.5. The topological polar surface area (TPSA) is 148 Å². The van der Waals surface area contributed by atoms with Gasteiger partial charge in [-0.25, -0.2) is 4.79 Å². The van der Waals surface area contributed by atoms with E-state index >= 15 is 0 Å². The van der Waals surface area contributed by atoms with Gasteiger partial charge in [0.25, 0.3) is 5.69 Å². The lowest BCUT2D eigenvalue weighted by Gasteiger charge is -2.22. The van der Waals surface area contributed by atoms with E-state index in [0.717, 1.165) is 6.07 Å². The van der Waals surface area contributed by atoms with Crippen LogP contribution < -0.4 is 11.1 Å². The van der Waals surface area contributed by atoms with E-state index in [1.165, 1.54) is 6.07 Å². The molecule has 0 fully saturated rings. The fraction of sp³-hybridized carbons (Fsp3) is 0.500. The third kappa shape index (κ3) is 5.52. The molecule has 0 aliphatic heterocycles. The average Bonchev–Trinajstić information content (AvgIpc) is 2.44. The van der Waals surface area contributed by atoms with Gasteiger partial charge < -0.3 is 26.0 Å². The molecule has 0 heterocycles. The van der Waals surface area contributed by atoms with Crippen LogP contribution in [0.4, 0.5) is 16.2 Å². The first-order chi connectivity index (χ1) is 10.9. The van der Waals surface area contributed by atoms with Gasteiger partial charge in [-0.2, -0.15) is 0 Å². The van der Waals surface area contributed by atoms with Gasteiger partial charge in [-0.3, -0.25) is 10.1 Å². The summed E-state index contributed by atoms with van der Waals surface area (Å²) in [5.41, 5.74) is 4.03. The maximum absolute atomic E-state index is 11.5. The van der Waals surface area contributed by atoms with Crippen molar-refractivity contribution in [1.82, 2.24) is 5.32 Å². The number of carbonyl (C=O) groups excluding carboxylic acids is 1. The highest BCUT2D eigenvalue weighted by Crippen LogP contribution is 2.34. The van der Waals surface area contributed by atoms with Crippen LogP contribution in [0.5, 0.6) is 0 Å². The van der Waals surface area contributed by atoms with Crippen LogP contribution in [0.25, 0.3) is 0 Å². The predicted octanol–water partition coefficient (Wildman–Crippen LogP) is 1.75. The minimum absolute atomic E-state index is 0.0164. The van der Waals surface area contributed by atoms with Gasteiger partial charge in [0.05, 0.1) is 4.92 Å². The van der Waals surface area contributed by atoms with E-state index in [9.17, 15) is 25.1 Å². The second-order valence-electron chi connectivity index (χ2n) is 6.08. The van der Waals surface area contributed by atoms with E-state index < -0.39 is 34.5 Å². The van der Waals surface area contributed by atoms with Crippen molar-refractivity contribution in [2.24, 2.45) is 0 Å². The molecule has 24 heavy (non-hydrogen) atoms. The normalized spacial score (nSPS) is 13.9. The number of halogens is 1. The smallest absolute Gasteiger partial charge is 0.407 e. The number of carbonyl (C=O) groups is 1. The average molecular weight is 362 g/mol. The summed E-state index contributed by atoms with van der Waals surface area (Å²) in [4.78, 5) is 21.7. The van der Waals surface area contributed by atoms with E-state index in [4.69, 9.17) is 22.1 Å². The zero-order chi connectivity index (χ0) is 18.7. The minimum Gasteiger partial charge on any atom is -0.444 e. The molecule has 0 aliphatic rings. The Labute approximate surface area is 143 Å². The molecule has 0 aromatic heterocycles. The summed E-state index contributed by atoms with van der Waals surface area (Å²) in [6, 6.07) is 2.25. The van der Waals surface area contributed by atoms with E-state index in [1.54, 1.807) is 20.8 Å². The van der Waals surface area contributed by atoms with Crippen LogP contribution in [0.3, 0.4) is 0 Å². The maximum atomic E-state index is 11.5. The van der Waals surface area contributed by atoms with Crippen LogP contribution in [0.15, 0.2) is 12.1 Å². The lowest BCUT2D eigenvalue weighted by atomic mass is 10.0. The number of amides is 1. The Kier molecular flexibility index (Phi) is 6.35. The molecule has 1 rings (SSSR count). The van der Waals surface area contributed by atoms with Gasteiger partial charge in [-0.1, -0.05) is 11.6 Å². The summed E-state index contributed by atoms with van der Waals surface area (Å²) in [6.45, 7) is 4.66. The molecule has 1 aromatic carbocycles. The summed E-state index contributed by atoms with van der Waals surface area (Å²) in [5.74, 6) is 0. The number of anilines is 1. The van der Waals surface area contributed by atoms with Crippen molar-refractivity contribution < 1.29 is 24.7 Å². The van der Waals surface area contributed by atoms with Gasteiger partial charge in [-0.05, 0) is 26.8 Å². The molecule has 0 aliphatic carbocycles. The first-order valence-corrected chi connectivity index (χ1v) is 7.36. The molecule has 0 saturated heterocycles. The quantitative estimate of drug-likeness (QED) is 0.354. The van der Waals surface area contributed by atoms with Crippen LogP contribution in [-0.4, -0.2) is 39.5 Å². The number of hydrogen-bond acceptors (Lipinski definition) is 7. The number of alkyl carbamates (subject to hydrolysis) is 1. The zero-order valence-electron chi connectivity index (χ0n) is 13.4. The number of rotatable bonds is 5. The molecular formula is C14H20ClN3O6. The fourth-order valence-corrected chi connectivity index (χ4v) is 2.06. The number of ether oxygens (including phenoxy) is 1. The van der Waals surface area contributed by atoms with Crippen molar-refractivity contribution in [1.29, 1.82) is 0 Å². The van der Waals surface area contributed by atoms with Crippen molar-refractivity contribution in [3.05, 3.63) is 32.8 Å². The Morgan fingerprint density at radius 2 is 2.04 bits per heavy atom. The number of nitro groups is 1.